The van der Waals surface area contributed by atoms with Gasteiger partial charge >= 0.3 is 11.9 Å². The number of esters is 2. The molecule has 148 valence electrons. The van der Waals surface area contributed by atoms with Crippen LogP contribution in [0.5, 0.6) is 0 Å². The Morgan fingerprint density at radius 2 is 1.04 bits per heavy atom. The molecule has 0 aliphatic heterocycles. The van der Waals surface area contributed by atoms with Crippen LogP contribution in [0.4, 0.5) is 0 Å². The first-order chi connectivity index (χ1) is 12.0. The molecule has 25 heavy (non-hydrogen) atoms. The number of carbonyl (C=O) groups is 2. The van der Waals surface area contributed by atoms with Crippen LogP contribution in [0, 0.1) is 0 Å². The van der Waals surface area contributed by atoms with Gasteiger partial charge in [0.15, 0.2) is 0 Å². The molecule has 2 atom stereocenters. The lowest BCUT2D eigenvalue weighted by molar-refractivity contribution is -0.162. The standard InChI is InChI=1S/C20H38O5/c1-3-5-7-9-11-13-17(21)15-19(23)25-20(24)16-18(22)14-12-10-8-6-4-2/h17-18,21-22H,3-16H2,1-2H3/t17-,18?/m1/s1. The van der Waals surface area contributed by atoms with Gasteiger partial charge in [-0.25, -0.2) is 0 Å². The third-order valence-corrected chi connectivity index (χ3v) is 4.31. The van der Waals surface area contributed by atoms with Crippen molar-refractivity contribution in [2.75, 3.05) is 0 Å². The van der Waals surface area contributed by atoms with Crippen LogP contribution in [0.2, 0.25) is 0 Å². The van der Waals surface area contributed by atoms with E-state index in [4.69, 9.17) is 0 Å². The van der Waals surface area contributed by atoms with Gasteiger partial charge in [0.1, 0.15) is 0 Å². The van der Waals surface area contributed by atoms with Crippen molar-refractivity contribution in [1.82, 2.24) is 0 Å². The molecule has 0 aliphatic carbocycles. The molecule has 0 amide bonds. The van der Waals surface area contributed by atoms with Crippen LogP contribution in [0.3, 0.4) is 0 Å². The van der Waals surface area contributed by atoms with E-state index in [9.17, 15) is 19.8 Å². The normalized spacial score (nSPS) is 13.4. The molecule has 0 aromatic carbocycles. The minimum atomic E-state index is -0.759. The molecule has 0 radical (unpaired) electrons. The Morgan fingerprint density at radius 1 is 0.680 bits per heavy atom. The highest BCUT2D eigenvalue weighted by Gasteiger charge is 2.18. The van der Waals surface area contributed by atoms with Crippen LogP contribution in [0.15, 0.2) is 0 Å². The maximum atomic E-state index is 11.6. The van der Waals surface area contributed by atoms with Gasteiger partial charge in [0, 0.05) is 0 Å². The van der Waals surface area contributed by atoms with Gasteiger partial charge in [-0.15, -0.1) is 0 Å². The molecule has 0 saturated carbocycles. The summed E-state index contributed by atoms with van der Waals surface area (Å²) in [4.78, 5) is 23.3. The van der Waals surface area contributed by atoms with E-state index in [1.165, 1.54) is 25.7 Å². The summed E-state index contributed by atoms with van der Waals surface area (Å²) in [5, 5.41) is 19.6. The van der Waals surface area contributed by atoms with Crippen molar-refractivity contribution in [3.05, 3.63) is 0 Å². The van der Waals surface area contributed by atoms with Crippen molar-refractivity contribution >= 4 is 11.9 Å². The summed E-state index contributed by atoms with van der Waals surface area (Å²) in [7, 11) is 0. The van der Waals surface area contributed by atoms with Crippen molar-refractivity contribution in [2.45, 2.75) is 116 Å². The average molecular weight is 359 g/mol. The number of aliphatic hydroxyl groups excluding tert-OH is 2. The first-order valence-electron chi connectivity index (χ1n) is 10.1. The van der Waals surface area contributed by atoms with E-state index in [-0.39, 0.29) is 12.8 Å². The molecule has 0 spiro atoms. The van der Waals surface area contributed by atoms with Gasteiger partial charge in [0.05, 0.1) is 25.0 Å². The molecule has 0 aromatic rings. The van der Waals surface area contributed by atoms with E-state index in [0.29, 0.717) is 12.8 Å². The largest absolute Gasteiger partial charge is 0.393 e. The smallest absolute Gasteiger partial charge is 0.316 e. The van der Waals surface area contributed by atoms with Gasteiger partial charge in [0.2, 0.25) is 0 Å². The van der Waals surface area contributed by atoms with Crippen LogP contribution in [0.1, 0.15) is 104 Å². The summed E-state index contributed by atoms with van der Waals surface area (Å²) in [6.07, 6.45) is 10.1. The van der Waals surface area contributed by atoms with Crippen LogP contribution in [-0.2, 0) is 14.3 Å². The van der Waals surface area contributed by atoms with E-state index in [2.05, 4.69) is 18.6 Å². The first-order valence-corrected chi connectivity index (χ1v) is 10.1. The highest BCUT2D eigenvalue weighted by Crippen LogP contribution is 2.12. The van der Waals surface area contributed by atoms with Gasteiger partial charge in [-0.05, 0) is 12.8 Å². The van der Waals surface area contributed by atoms with Gasteiger partial charge in [-0.3, -0.25) is 9.59 Å². The lowest BCUT2D eigenvalue weighted by Gasteiger charge is -2.11. The van der Waals surface area contributed by atoms with Gasteiger partial charge in [-0.2, -0.15) is 0 Å². The molecule has 0 heterocycles. The third kappa shape index (κ3) is 16.3. The summed E-state index contributed by atoms with van der Waals surface area (Å²) in [6, 6.07) is 0. The maximum Gasteiger partial charge on any atom is 0.316 e. The molecule has 2 N–H and O–H groups in total. The molecule has 0 aromatic heterocycles. The highest BCUT2D eigenvalue weighted by atomic mass is 16.6. The number of rotatable bonds is 16. The zero-order valence-electron chi connectivity index (χ0n) is 16.2. The van der Waals surface area contributed by atoms with E-state index in [0.717, 1.165) is 38.5 Å². The van der Waals surface area contributed by atoms with E-state index < -0.39 is 24.1 Å². The van der Waals surface area contributed by atoms with Crippen molar-refractivity contribution < 1.29 is 24.5 Å². The number of unbranched alkanes of at least 4 members (excludes halogenated alkanes) is 8. The van der Waals surface area contributed by atoms with Crippen molar-refractivity contribution in [3.63, 3.8) is 0 Å². The molecule has 5 nitrogen and oxygen atoms in total. The Balaban J connectivity index is 3.73. The minimum Gasteiger partial charge on any atom is -0.393 e. The number of hydrogen-bond donors (Lipinski definition) is 2. The first kappa shape index (κ1) is 24.1. The third-order valence-electron chi connectivity index (χ3n) is 4.31. The molecule has 0 bridgehead atoms. The highest BCUT2D eigenvalue weighted by molar-refractivity contribution is 5.85. The van der Waals surface area contributed by atoms with Gasteiger partial charge in [-0.1, -0.05) is 78.1 Å². The van der Waals surface area contributed by atoms with Crippen molar-refractivity contribution in [3.8, 4) is 0 Å². The Hall–Kier alpha value is -0.940. The predicted molar refractivity (Wildman–Crippen MR) is 99.1 cm³/mol. The van der Waals surface area contributed by atoms with Gasteiger partial charge < -0.3 is 14.9 Å². The molecule has 0 aliphatic rings. The summed E-state index contributed by atoms with van der Waals surface area (Å²) in [5.74, 6) is -1.41. The number of aliphatic hydroxyl groups is 2. The van der Waals surface area contributed by atoms with Crippen LogP contribution < -0.4 is 0 Å². The van der Waals surface area contributed by atoms with Gasteiger partial charge in [0.25, 0.3) is 0 Å². The topological polar surface area (TPSA) is 83.8 Å². The number of hydrogen-bond acceptors (Lipinski definition) is 5. The fourth-order valence-corrected chi connectivity index (χ4v) is 2.77. The molecular formula is C20H38O5. The predicted octanol–water partition coefficient (Wildman–Crippen LogP) is 4.28. The van der Waals surface area contributed by atoms with Crippen molar-refractivity contribution in [1.29, 1.82) is 0 Å². The quantitative estimate of drug-likeness (QED) is 0.244. The minimum absolute atomic E-state index is 0.160. The zero-order chi connectivity index (χ0) is 18.9. The number of ether oxygens (including phenoxy) is 1. The maximum absolute atomic E-state index is 11.6. The van der Waals surface area contributed by atoms with Crippen LogP contribution >= 0.6 is 0 Å². The summed E-state index contributed by atoms with van der Waals surface area (Å²) < 4.78 is 4.68. The summed E-state index contributed by atoms with van der Waals surface area (Å²) in [6.45, 7) is 4.29. The lowest BCUT2D eigenvalue weighted by Crippen LogP contribution is -2.22. The fourth-order valence-electron chi connectivity index (χ4n) is 2.77. The second kappa shape index (κ2) is 16.5. The Bertz CT molecular complexity index is 311. The Kier molecular flexibility index (Phi) is 15.9. The lowest BCUT2D eigenvalue weighted by atomic mass is 10.1. The van der Waals surface area contributed by atoms with E-state index in [1.807, 2.05) is 0 Å². The second-order valence-electron chi connectivity index (χ2n) is 6.97. The molecule has 5 heteroatoms. The number of carbonyl (C=O) groups excluding carboxylic acids is 2. The molecule has 0 fully saturated rings. The zero-order valence-corrected chi connectivity index (χ0v) is 16.2. The second-order valence-corrected chi connectivity index (χ2v) is 6.97. The van der Waals surface area contributed by atoms with Crippen LogP contribution in [0.25, 0.3) is 0 Å². The van der Waals surface area contributed by atoms with Crippen molar-refractivity contribution in [2.24, 2.45) is 0 Å². The average Bonchev–Trinajstić information content (AvgIpc) is 2.54. The van der Waals surface area contributed by atoms with E-state index >= 15 is 0 Å². The fraction of sp³-hybridized carbons (Fsp3) is 0.900. The molecule has 0 rings (SSSR count). The van der Waals surface area contributed by atoms with E-state index in [1.54, 1.807) is 0 Å². The Labute approximate surface area is 153 Å². The van der Waals surface area contributed by atoms with Crippen LogP contribution in [-0.4, -0.2) is 34.4 Å². The monoisotopic (exact) mass is 358 g/mol. The Morgan fingerprint density at radius 3 is 1.40 bits per heavy atom. The summed E-state index contributed by atoms with van der Waals surface area (Å²) in [5.41, 5.74) is 0. The molecule has 1 unspecified atom stereocenters. The SMILES string of the molecule is CCCCCCCC(O)CC(=O)OC(=O)C[C@H](O)CCCCCCC. The molecular weight excluding hydrogens is 320 g/mol. The summed E-state index contributed by atoms with van der Waals surface area (Å²) >= 11 is 0. The molecule has 0 saturated heterocycles.